The zero-order chi connectivity index (χ0) is 22.2. The number of ether oxygens (including phenoxy) is 3. The lowest BCUT2D eigenvalue weighted by Gasteiger charge is -2.14. The van der Waals surface area contributed by atoms with Gasteiger partial charge >= 0.3 is 5.97 Å². The normalized spacial score (nSPS) is 11.1. The second-order valence-electron chi connectivity index (χ2n) is 6.17. The number of nitrogens with zero attached hydrogens (tertiary/aromatic N) is 3. The number of allylic oxidation sites excluding steroid dienone is 1. The fraction of sp³-hybridized carbons (Fsp3) is 0.130. The van der Waals surface area contributed by atoms with Gasteiger partial charge in [-0.3, -0.25) is 0 Å². The molecule has 1 N–H and O–H groups in total. The molecule has 0 unspecified atom stereocenters. The third-order valence-electron chi connectivity index (χ3n) is 4.14. The molecule has 0 spiro atoms. The summed E-state index contributed by atoms with van der Waals surface area (Å²) in [6, 6.07) is 16.9. The number of para-hydroxylation sites is 2. The van der Waals surface area contributed by atoms with Gasteiger partial charge in [-0.25, -0.2) is 14.8 Å². The van der Waals surface area contributed by atoms with E-state index in [9.17, 15) is 15.2 Å². The number of carboxylic acids is 1. The van der Waals surface area contributed by atoms with Crippen molar-refractivity contribution < 1.29 is 24.1 Å². The topological polar surface area (TPSA) is 115 Å². The van der Waals surface area contributed by atoms with Gasteiger partial charge in [0.15, 0.2) is 0 Å². The van der Waals surface area contributed by atoms with Crippen molar-refractivity contribution in [2.75, 3.05) is 6.61 Å². The van der Waals surface area contributed by atoms with Gasteiger partial charge in [-0.15, -0.1) is 0 Å². The molecule has 8 heteroatoms. The van der Waals surface area contributed by atoms with E-state index in [1.807, 2.05) is 6.07 Å². The third kappa shape index (κ3) is 5.16. The lowest BCUT2D eigenvalue weighted by molar-refractivity contribution is -0.130. The van der Waals surface area contributed by atoms with Crippen LogP contribution in [0.4, 0.5) is 0 Å². The molecule has 2 aromatic carbocycles. The van der Waals surface area contributed by atoms with E-state index in [2.05, 4.69) is 9.97 Å². The van der Waals surface area contributed by atoms with E-state index in [1.54, 1.807) is 62.4 Å². The standard InChI is InChI=1S/C23H19N3O5/c1-3-29-15(2)22(23(27)28)17-9-5-7-11-19(17)31-21-12-20(25-14-26-21)30-18-10-6-4-8-16(18)13-24/h4-12,14H,3H2,1-2H3,(H,27,28). The van der Waals surface area contributed by atoms with Crippen LogP contribution in [0.2, 0.25) is 0 Å². The molecule has 0 saturated carbocycles. The van der Waals surface area contributed by atoms with E-state index in [1.165, 1.54) is 12.4 Å². The molecular weight excluding hydrogens is 398 g/mol. The van der Waals surface area contributed by atoms with Crippen LogP contribution in [-0.2, 0) is 9.53 Å². The van der Waals surface area contributed by atoms with Crippen molar-refractivity contribution in [1.82, 2.24) is 9.97 Å². The first-order valence-corrected chi connectivity index (χ1v) is 9.36. The van der Waals surface area contributed by atoms with E-state index in [0.717, 1.165) is 0 Å². The first-order valence-electron chi connectivity index (χ1n) is 9.36. The van der Waals surface area contributed by atoms with Gasteiger partial charge in [0.05, 0.1) is 18.2 Å². The summed E-state index contributed by atoms with van der Waals surface area (Å²) in [4.78, 5) is 20.0. The Morgan fingerprint density at radius 2 is 1.65 bits per heavy atom. The van der Waals surface area contributed by atoms with Crippen LogP contribution in [0.15, 0.2) is 66.7 Å². The maximum atomic E-state index is 11.9. The molecule has 8 nitrogen and oxygen atoms in total. The summed E-state index contributed by atoms with van der Waals surface area (Å²) in [6.07, 6.45) is 1.25. The Bertz CT molecular complexity index is 1170. The zero-order valence-corrected chi connectivity index (χ0v) is 16.9. The van der Waals surface area contributed by atoms with Crippen LogP contribution >= 0.6 is 0 Å². The van der Waals surface area contributed by atoms with Crippen LogP contribution in [0.1, 0.15) is 25.0 Å². The van der Waals surface area contributed by atoms with Crippen LogP contribution in [0.25, 0.3) is 5.57 Å². The highest BCUT2D eigenvalue weighted by atomic mass is 16.5. The minimum Gasteiger partial charge on any atom is -0.498 e. The molecule has 0 radical (unpaired) electrons. The number of hydrogen-bond donors (Lipinski definition) is 1. The molecule has 0 atom stereocenters. The highest BCUT2D eigenvalue weighted by molar-refractivity contribution is 6.16. The quantitative estimate of drug-likeness (QED) is 0.411. The third-order valence-corrected chi connectivity index (χ3v) is 4.14. The van der Waals surface area contributed by atoms with Gasteiger partial charge in [0.1, 0.15) is 35.2 Å². The monoisotopic (exact) mass is 417 g/mol. The minimum absolute atomic E-state index is 0.00840. The number of aliphatic carboxylic acids is 1. The van der Waals surface area contributed by atoms with Gasteiger partial charge in [-0.2, -0.15) is 5.26 Å². The van der Waals surface area contributed by atoms with Gasteiger partial charge in [0, 0.05) is 5.56 Å². The number of hydrogen-bond acceptors (Lipinski definition) is 7. The van der Waals surface area contributed by atoms with Crippen molar-refractivity contribution in [3.05, 3.63) is 77.8 Å². The molecule has 0 saturated heterocycles. The summed E-state index contributed by atoms with van der Waals surface area (Å²) in [6.45, 7) is 3.70. The number of aromatic nitrogens is 2. The number of benzene rings is 2. The molecule has 1 aromatic heterocycles. The molecule has 3 rings (SSSR count). The molecule has 0 aliphatic heterocycles. The number of carbonyl (C=O) groups is 1. The van der Waals surface area contributed by atoms with E-state index in [0.29, 0.717) is 23.5 Å². The Hall–Kier alpha value is -4.38. The molecule has 0 amide bonds. The molecule has 0 bridgehead atoms. The fourth-order valence-electron chi connectivity index (χ4n) is 2.81. The van der Waals surface area contributed by atoms with Crippen LogP contribution in [0.5, 0.6) is 23.3 Å². The Morgan fingerprint density at radius 1 is 1.03 bits per heavy atom. The molecular formula is C23H19N3O5. The second kappa shape index (κ2) is 9.89. The van der Waals surface area contributed by atoms with E-state index >= 15 is 0 Å². The van der Waals surface area contributed by atoms with E-state index in [4.69, 9.17) is 14.2 Å². The van der Waals surface area contributed by atoms with Crippen LogP contribution in [0.3, 0.4) is 0 Å². The van der Waals surface area contributed by atoms with Crippen LogP contribution < -0.4 is 9.47 Å². The number of carboxylic acid groups (broad SMARTS) is 1. The predicted octanol–water partition coefficient (Wildman–Crippen LogP) is 4.78. The lowest BCUT2D eigenvalue weighted by Crippen LogP contribution is -2.06. The Balaban J connectivity index is 1.93. The molecule has 156 valence electrons. The largest absolute Gasteiger partial charge is 0.498 e. The van der Waals surface area contributed by atoms with Gasteiger partial charge in [-0.05, 0) is 32.0 Å². The van der Waals surface area contributed by atoms with Crippen molar-refractivity contribution >= 4 is 11.5 Å². The molecule has 1 heterocycles. The molecule has 0 fully saturated rings. The summed E-state index contributed by atoms with van der Waals surface area (Å²) in [5.41, 5.74) is 0.694. The summed E-state index contributed by atoms with van der Waals surface area (Å²) < 4.78 is 16.9. The van der Waals surface area contributed by atoms with Crippen LogP contribution in [0, 0.1) is 11.3 Å². The van der Waals surface area contributed by atoms with Gasteiger partial charge in [0.2, 0.25) is 11.8 Å². The van der Waals surface area contributed by atoms with Crippen molar-refractivity contribution in [2.24, 2.45) is 0 Å². The van der Waals surface area contributed by atoms with Crippen LogP contribution in [-0.4, -0.2) is 27.7 Å². The minimum atomic E-state index is -1.14. The summed E-state index contributed by atoms with van der Waals surface area (Å²) >= 11 is 0. The Labute approximate surface area is 179 Å². The number of rotatable bonds is 8. The Morgan fingerprint density at radius 3 is 2.29 bits per heavy atom. The SMILES string of the molecule is CCOC(C)=C(C(=O)O)c1ccccc1Oc1cc(Oc2ccccc2C#N)ncn1. The predicted molar refractivity (Wildman–Crippen MR) is 112 cm³/mol. The highest BCUT2D eigenvalue weighted by Crippen LogP contribution is 2.33. The maximum Gasteiger partial charge on any atom is 0.339 e. The Kier molecular flexibility index (Phi) is 6.81. The maximum absolute atomic E-state index is 11.9. The van der Waals surface area contributed by atoms with Gasteiger partial charge < -0.3 is 19.3 Å². The van der Waals surface area contributed by atoms with E-state index in [-0.39, 0.29) is 28.8 Å². The smallest absolute Gasteiger partial charge is 0.339 e. The van der Waals surface area contributed by atoms with Crippen molar-refractivity contribution in [1.29, 1.82) is 5.26 Å². The first kappa shape index (κ1) is 21.3. The second-order valence-corrected chi connectivity index (χ2v) is 6.17. The summed E-state index contributed by atoms with van der Waals surface area (Å²) in [5, 5.41) is 18.9. The summed E-state index contributed by atoms with van der Waals surface area (Å²) in [7, 11) is 0. The van der Waals surface area contributed by atoms with Crippen molar-refractivity contribution in [3.63, 3.8) is 0 Å². The molecule has 3 aromatic rings. The van der Waals surface area contributed by atoms with Crippen molar-refractivity contribution in [3.8, 4) is 29.3 Å². The lowest BCUT2D eigenvalue weighted by atomic mass is 10.0. The average molecular weight is 417 g/mol. The average Bonchev–Trinajstić information content (AvgIpc) is 2.76. The zero-order valence-electron chi connectivity index (χ0n) is 16.9. The van der Waals surface area contributed by atoms with E-state index < -0.39 is 5.97 Å². The molecule has 0 aliphatic rings. The highest BCUT2D eigenvalue weighted by Gasteiger charge is 2.20. The molecule has 31 heavy (non-hydrogen) atoms. The summed E-state index contributed by atoms with van der Waals surface area (Å²) in [5.74, 6) is 0.0718. The van der Waals surface area contributed by atoms with Gasteiger partial charge in [-0.1, -0.05) is 30.3 Å². The van der Waals surface area contributed by atoms with Gasteiger partial charge in [0.25, 0.3) is 0 Å². The molecule has 0 aliphatic carbocycles. The number of nitriles is 1. The first-order chi connectivity index (χ1) is 15.0. The fourth-order valence-corrected chi connectivity index (χ4v) is 2.81. The van der Waals surface area contributed by atoms with Crippen molar-refractivity contribution in [2.45, 2.75) is 13.8 Å².